The van der Waals surface area contributed by atoms with Crippen LogP contribution in [0, 0.1) is 0 Å². The largest absolute Gasteiger partial charge is 0.462 e. The summed E-state index contributed by atoms with van der Waals surface area (Å²) < 4.78 is 4.76. The Morgan fingerprint density at radius 2 is 2.00 bits per heavy atom. The van der Waals surface area contributed by atoms with Crippen LogP contribution in [0.15, 0.2) is 11.6 Å². The van der Waals surface area contributed by atoms with Crippen LogP contribution in [0.2, 0.25) is 0 Å². The number of carbonyl (C=O) groups excluding carboxylic acids is 1. The minimum absolute atomic E-state index is 0.264. The number of carbonyl (C=O) groups is 1. The zero-order chi connectivity index (χ0) is 12.8. The molecule has 0 amide bonds. The molecule has 0 aromatic heterocycles. The van der Waals surface area contributed by atoms with Gasteiger partial charge in [0.15, 0.2) is 0 Å². The number of ether oxygens (including phenoxy) is 1. The van der Waals surface area contributed by atoms with Crippen molar-refractivity contribution < 1.29 is 19.7 Å². The lowest BCUT2D eigenvalue weighted by atomic mass is 9.96. The first kappa shape index (κ1) is 15.1. The molecule has 4 heteroatoms. The van der Waals surface area contributed by atoms with Crippen LogP contribution in [0.5, 0.6) is 0 Å². The second-order valence-electron chi connectivity index (χ2n) is 4.56. The van der Waals surface area contributed by atoms with E-state index in [1.807, 2.05) is 6.92 Å². The van der Waals surface area contributed by atoms with Crippen molar-refractivity contribution in [2.45, 2.75) is 52.2 Å². The van der Waals surface area contributed by atoms with Crippen LogP contribution in [0.4, 0.5) is 0 Å². The molecule has 0 saturated carbocycles. The van der Waals surface area contributed by atoms with Crippen LogP contribution in [-0.4, -0.2) is 34.5 Å². The summed E-state index contributed by atoms with van der Waals surface area (Å²) in [4.78, 5) is 10.5. The van der Waals surface area contributed by atoms with Gasteiger partial charge in [0.25, 0.3) is 0 Å². The fraction of sp³-hybridized carbons (Fsp3) is 0.750. The molecule has 94 valence electrons. The third-order valence-electron chi connectivity index (χ3n) is 2.35. The first-order valence-electron chi connectivity index (χ1n) is 5.43. The van der Waals surface area contributed by atoms with E-state index < -0.39 is 11.7 Å². The number of aliphatic hydroxyl groups excluding tert-OH is 1. The molecule has 0 saturated heterocycles. The molecule has 0 aromatic rings. The second kappa shape index (κ2) is 6.66. The van der Waals surface area contributed by atoms with E-state index in [0.717, 1.165) is 5.57 Å². The quantitative estimate of drug-likeness (QED) is 0.535. The molecule has 0 rings (SSSR count). The number of hydrogen-bond acceptors (Lipinski definition) is 4. The Hall–Kier alpha value is -0.870. The fourth-order valence-electron chi connectivity index (χ4n) is 1.12. The molecule has 1 atom stereocenters. The summed E-state index contributed by atoms with van der Waals surface area (Å²) >= 11 is 0. The molecular weight excluding hydrogens is 208 g/mol. The maximum Gasteiger partial charge on any atom is 0.302 e. The van der Waals surface area contributed by atoms with Crippen LogP contribution in [0.3, 0.4) is 0 Å². The molecule has 0 radical (unpaired) electrons. The number of esters is 1. The summed E-state index contributed by atoms with van der Waals surface area (Å²) in [6, 6.07) is 0. The predicted molar refractivity (Wildman–Crippen MR) is 61.9 cm³/mol. The van der Waals surface area contributed by atoms with Crippen molar-refractivity contribution in [1.82, 2.24) is 0 Å². The van der Waals surface area contributed by atoms with Crippen molar-refractivity contribution in [2.75, 3.05) is 6.61 Å². The van der Waals surface area contributed by atoms with Crippen molar-refractivity contribution in [3.8, 4) is 0 Å². The molecule has 0 aliphatic heterocycles. The Labute approximate surface area is 96.9 Å². The smallest absolute Gasteiger partial charge is 0.302 e. The highest BCUT2D eigenvalue weighted by Crippen LogP contribution is 2.16. The number of rotatable bonds is 6. The lowest BCUT2D eigenvalue weighted by Gasteiger charge is -2.24. The Morgan fingerprint density at radius 1 is 1.44 bits per heavy atom. The van der Waals surface area contributed by atoms with Crippen LogP contribution < -0.4 is 0 Å². The summed E-state index contributed by atoms with van der Waals surface area (Å²) in [5, 5.41) is 19.1. The van der Waals surface area contributed by atoms with E-state index in [9.17, 15) is 15.0 Å². The number of allylic oxidation sites excluding steroid dienone is 1. The summed E-state index contributed by atoms with van der Waals surface area (Å²) in [5.41, 5.74) is -0.0413. The lowest BCUT2D eigenvalue weighted by molar-refractivity contribution is -0.139. The monoisotopic (exact) mass is 230 g/mol. The van der Waals surface area contributed by atoms with Gasteiger partial charge in [0.2, 0.25) is 0 Å². The topological polar surface area (TPSA) is 66.8 Å². The summed E-state index contributed by atoms with van der Waals surface area (Å²) in [7, 11) is 0. The van der Waals surface area contributed by atoms with E-state index in [1.54, 1.807) is 19.9 Å². The van der Waals surface area contributed by atoms with Gasteiger partial charge in [-0.3, -0.25) is 4.79 Å². The highest BCUT2D eigenvalue weighted by molar-refractivity contribution is 5.66. The molecule has 16 heavy (non-hydrogen) atoms. The maximum atomic E-state index is 10.5. The fourth-order valence-corrected chi connectivity index (χ4v) is 1.12. The zero-order valence-corrected chi connectivity index (χ0v) is 10.5. The van der Waals surface area contributed by atoms with E-state index >= 15 is 0 Å². The van der Waals surface area contributed by atoms with E-state index in [2.05, 4.69) is 0 Å². The Balaban J connectivity index is 3.88. The molecule has 0 spiro atoms. The third-order valence-corrected chi connectivity index (χ3v) is 2.35. The van der Waals surface area contributed by atoms with E-state index in [0.29, 0.717) is 12.8 Å². The molecule has 0 aromatic carbocycles. The first-order valence-corrected chi connectivity index (χ1v) is 5.43. The summed E-state index contributed by atoms with van der Waals surface area (Å²) in [5.74, 6) is -0.305. The Morgan fingerprint density at radius 3 is 2.44 bits per heavy atom. The standard InChI is InChI=1S/C12H22O4/c1-9(7-8-16-10(2)13)5-6-11(14)12(3,4)15/h7,11,14-15H,5-6,8H2,1-4H3. The van der Waals surface area contributed by atoms with Gasteiger partial charge in [-0.05, 0) is 39.7 Å². The highest BCUT2D eigenvalue weighted by atomic mass is 16.5. The van der Waals surface area contributed by atoms with Crippen LogP contribution >= 0.6 is 0 Å². The van der Waals surface area contributed by atoms with Crippen LogP contribution in [0.25, 0.3) is 0 Å². The van der Waals surface area contributed by atoms with Gasteiger partial charge in [0.1, 0.15) is 6.61 Å². The second-order valence-corrected chi connectivity index (χ2v) is 4.56. The van der Waals surface area contributed by atoms with E-state index in [-0.39, 0.29) is 12.6 Å². The van der Waals surface area contributed by atoms with Gasteiger partial charge in [0, 0.05) is 6.92 Å². The maximum absolute atomic E-state index is 10.5. The minimum Gasteiger partial charge on any atom is -0.462 e. The van der Waals surface area contributed by atoms with Gasteiger partial charge in [-0.25, -0.2) is 0 Å². The average Bonchev–Trinajstić information content (AvgIpc) is 2.11. The molecule has 0 aliphatic rings. The van der Waals surface area contributed by atoms with Crippen molar-refractivity contribution in [1.29, 1.82) is 0 Å². The van der Waals surface area contributed by atoms with Crippen molar-refractivity contribution in [3.05, 3.63) is 11.6 Å². The van der Waals surface area contributed by atoms with Crippen molar-refractivity contribution in [2.24, 2.45) is 0 Å². The third kappa shape index (κ3) is 7.43. The normalized spacial score (nSPS) is 14.8. The Bertz CT molecular complexity index is 250. The SMILES string of the molecule is CC(=O)OCC=C(C)CCC(O)C(C)(C)O. The Kier molecular flexibility index (Phi) is 6.29. The van der Waals surface area contributed by atoms with Gasteiger partial charge in [0.05, 0.1) is 11.7 Å². The molecule has 0 bridgehead atoms. The molecular formula is C12H22O4. The molecule has 1 unspecified atom stereocenters. The minimum atomic E-state index is -1.07. The predicted octanol–water partition coefficient (Wildman–Crippen LogP) is 1.41. The molecule has 0 heterocycles. The van der Waals surface area contributed by atoms with Gasteiger partial charge in [-0.1, -0.05) is 5.57 Å². The summed E-state index contributed by atoms with van der Waals surface area (Å²) in [6.45, 7) is 6.69. The van der Waals surface area contributed by atoms with Crippen molar-refractivity contribution in [3.63, 3.8) is 0 Å². The van der Waals surface area contributed by atoms with Crippen molar-refractivity contribution >= 4 is 5.97 Å². The molecule has 0 fully saturated rings. The van der Waals surface area contributed by atoms with E-state index in [1.165, 1.54) is 6.92 Å². The first-order chi connectivity index (χ1) is 7.23. The number of aliphatic hydroxyl groups is 2. The van der Waals surface area contributed by atoms with Gasteiger partial charge < -0.3 is 14.9 Å². The average molecular weight is 230 g/mol. The molecule has 2 N–H and O–H groups in total. The summed E-state index contributed by atoms with van der Waals surface area (Å²) in [6.07, 6.45) is 2.22. The lowest BCUT2D eigenvalue weighted by Crippen LogP contribution is -2.35. The van der Waals surface area contributed by atoms with Gasteiger partial charge in [-0.2, -0.15) is 0 Å². The van der Waals surface area contributed by atoms with Crippen LogP contribution in [-0.2, 0) is 9.53 Å². The van der Waals surface area contributed by atoms with E-state index in [4.69, 9.17) is 4.74 Å². The van der Waals surface area contributed by atoms with Crippen LogP contribution in [0.1, 0.15) is 40.5 Å². The van der Waals surface area contributed by atoms with Gasteiger partial charge in [-0.15, -0.1) is 0 Å². The van der Waals surface area contributed by atoms with Gasteiger partial charge >= 0.3 is 5.97 Å². The molecule has 0 aliphatic carbocycles. The highest BCUT2D eigenvalue weighted by Gasteiger charge is 2.23. The molecule has 4 nitrogen and oxygen atoms in total. The zero-order valence-electron chi connectivity index (χ0n) is 10.5. The number of hydrogen-bond donors (Lipinski definition) is 2.